The Labute approximate surface area is 221 Å². The minimum atomic E-state index is -2.57. The molecule has 2 aliphatic rings. The maximum atomic E-state index is 13.8. The SMILES string of the molecule is [2H]C([2H])([2H])Oc1cccc([C@@H]2C(c3ccncc3)CCN2C(=O)OCC2c3ccccc3-c3ccccc32)c1C. The normalized spacial score (nSPS) is 19.9. The summed E-state index contributed by atoms with van der Waals surface area (Å²) in [5.74, 6) is 0.238. The third kappa shape index (κ3) is 4.05. The Balaban J connectivity index is 1.30. The highest BCUT2D eigenvalue weighted by Gasteiger charge is 2.41. The molecule has 1 fully saturated rings. The second-order valence-corrected chi connectivity index (χ2v) is 9.69. The number of ether oxygens (including phenoxy) is 2. The van der Waals surface area contributed by atoms with Crippen LogP contribution in [0, 0.1) is 6.92 Å². The van der Waals surface area contributed by atoms with Crippen molar-refractivity contribution in [1.82, 2.24) is 9.88 Å². The van der Waals surface area contributed by atoms with E-state index < -0.39 is 7.04 Å². The van der Waals surface area contributed by atoms with Gasteiger partial charge in [-0.25, -0.2) is 4.79 Å². The molecule has 1 aromatic heterocycles. The molecule has 2 atom stereocenters. The first-order chi connectivity index (χ1) is 19.3. The molecule has 1 aliphatic carbocycles. The van der Waals surface area contributed by atoms with Crippen molar-refractivity contribution < 1.29 is 18.4 Å². The number of rotatable bonds is 5. The summed E-state index contributed by atoms with van der Waals surface area (Å²) in [4.78, 5) is 19.7. The van der Waals surface area contributed by atoms with Gasteiger partial charge in [-0.3, -0.25) is 4.98 Å². The summed E-state index contributed by atoms with van der Waals surface area (Å²) >= 11 is 0. The van der Waals surface area contributed by atoms with Gasteiger partial charge in [-0.1, -0.05) is 60.7 Å². The Morgan fingerprint density at radius 1 is 0.946 bits per heavy atom. The number of amides is 1. The molecule has 1 amide bonds. The molecule has 0 spiro atoms. The largest absolute Gasteiger partial charge is 0.496 e. The lowest BCUT2D eigenvalue weighted by Crippen LogP contribution is -2.33. The molecule has 2 heterocycles. The Bertz CT molecular complexity index is 1490. The van der Waals surface area contributed by atoms with E-state index >= 15 is 0 Å². The lowest BCUT2D eigenvalue weighted by molar-refractivity contribution is 0.0941. The van der Waals surface area contributed by atoms with Gasteiger partial charge in [0.1, 0.15) is 12.4 Å². The van der Waals surface area contributed by atoms with Gasteiger partial charge in [-0.2, -0.15) is 0 Å². The van der Waals surface area contributed by atoms with E-state index in [1.807, 2.05) is 49.4 Å². The van der Waals surface area contributed by atoms with Crippen molar-refractivity contribution >= 4 is 6.09 Å². The van der Waals surface area contributed by atoms with Crippen LogP contribution in [-0.2, 0) is 4.74 Å². The Morgan fingerprint density at radius 2 is 1.62 bits per heavy atom. The fourth-order valence-corrected chi connectivity index (χ4v) is 6.08. The van der Waals surface area contributed by atoms with Gasteiger partial charge in [0.15, 0.2) is 0 Å². The number of pyridine rings is 1. The van der Waals surface area contributed by atoms with Crippen LogP contribution in [-0.4, -0.2) is 36.2 Å². The number of aromatic nitrogens is 1. The summed E-state index contributed by atoms with van der Waals surface area (Å²) in [5.41, 5.74) is 7.28. The predicted molar refractivity (Wildman–Crippen MR) is 144 cm³/mol. The minimum Gasteiger partial charge on any atom is -0.496 e. The first kappa shape index (κ1) is 20.0. The third-order valence-corrected chi connectivity index (χ3v) is 7.86. The predicted octanol–water partition coefficient (Wildman–Crippen LogP) is 6.88. The Kier molecular flexibility index (Phi) is 5.26. The molecule has 0 N–H and O–H groups in total. The summed E-state index contributed by atoms with van der Waals surface area (Å²) < 4.78 is 34.1. The Morgan fingerprint density at radius 3 is 2.32 bits per heavy atom. The van der Waals surface area contributed by atoms with Crippen molar-refractivity contribution in [1.29, 1.82) is 0 Å². The number of hydrogen-bond acceptors (Lipinski definition) is 4. The topological polar surface area (TPSA) is 51.7 Å². The average molecular weight is 494 g/mol. The van der Waals surface area contributed by atoms with Crippen LogP contribution in [0.2, 0.25) is 0 Å². The lowest BCUT2D eigenvalue weighted by atomic mass is 9.86. The zero-order chi connectivity index (χ0) is 27.9. The summed E-state index contributed by atoms with van der Waals surface area (Å²) in [5, 5.41) is 0. The zero-order valence-electron chi connectivity index (χ0n) is 23.6. The highest BCUT2D eigenvalue weighted by Crippen LogP contribution is 2.47. The molecule has 0 radical (unpaired) electrons. The van der Waals surface area contributed by atoms with Gasteiger partial charge in [0.25, 0.3) is 0 Å². The van der Waals surface area contributed by atoms with Crippen LogP contribution in [0.15, 0.2) is 91.3 Å². The van der Waals surface area contributed by atoms with E-state index in [1.165, 1.54) is 11.1 Å². The molecule has 1 aliphatic heterocycles. The van der Waals surface area contributed by atoms with E-state index in [9.17, 15) is 4.79 Å². The summed E-state index contributed by atoms with van der Waals surface area (Å²) in [6.07, 6.45) is 3.86. The van der Waals surface area contributed by atoms with Gasteiger partial charge in [0, 0.05) is 30.8 Å². The van der Waals surface area contributed by atoms with Crippen LogP contribution in [0.1, 0.15) is 56.2 Å². The van der Waals surface area contributed by atoms with Crippen molar-refractivity contribution in [3.8, 4) is 16.9 Å². The average Bonchev–Trinajstić information content (AvgIpc) is 3.53. The van der Waals surface area contributed by atoms with Gasteiger partial charge >= 0.3 is 6.09 Å². The molecule has 5 heteroatoms. The number of carbonyl (C=O) groups excluding carboxylic acids is 1. The van der Waals surface area contributed by atoms with E-state index in [-0.39, 0.29) is 36.3 Å². The van der Waals surface area contributed by atoms with Crippen LogP contribution in [0.25, 0.3) is 11.1 Å². The molecule has 3 aromatic carbocycles. The molecule has 5 nitrogen and oxygen atoms in total. The van der Waals surface area contributed by atoms with Gasteiger partial charge < -0.3 is 14.4 Å². The molecule has 0 saturated carbocycles. The van der Waals surface area contributed by atoms with Crippen molar-refractivity contribution in [2.75, 3.05) is 20.2 Å². The van der Waals surface area contributed by atoms with Gasteiger partial charge in [-0.05, 0) is 70.5 Å². The molecule has 1 saturated heterocycles. The molecule has 186 valence electrons. The standard InChI is InChI=1S/C32H30N2O3/c1-21-23(12-7-13-30(21)36-2)31-24(22-14-17-33-18-15-22)16-19-34(31)32(35)37-20-29-27-10-5-3-8-25(27)26-9-4-6-11-28(26)29/h3-15,17-18,24,29,31H,16,19-20H2,1-2H3/t24?,31-/m1/s1/i2D3. The fraction of sp³-hybridized carbons (Fsp3) is 0.250. The smallest absolute Gasteiger partial charge is 0.410 e. The number of carbonyl (C=O) groups is 1. The van der Waals surface area contributed by atoms with E-state index in [4.69, 9.17) is 13.6 Å². The number of hydrogen-bond donors (Lipinski definition) is 0. The maximum absolute atomic E-state index is 13.8. The maximum Gasteiger partial charge on any atom is 0.410 e. The van der Waals surface area contributed by atoms with Gasteiger partial charge in [-0.15, -0.1) is 0 Å². The van der Waals surface area contributed by atoms with Crippen molar-refractivity contribution in [2.24, 2.45) is 0 Å². The Hall–Kier alpha value is -4.12. The molecular weight excluding hydrogens is 460 g/mol. The molecule has 37 heavy (non-hydrogen) atoms. The molecular formula is C32H30N2O3. The van der Waals surface area contributed by atoms with Crippen LogP contribution in [0.3, 0.4) is 0 Å². The fourth-order valence-electron chi connectivity index (χ4n) is 6.08. The van der Waals surface area contributed by atoms with E-state index in [0.29, 0.717) is 12.1 Å². The van der Waals surface area contributed by atoms with Crippen LogP contribution in [0.4, 0.5) is 4.79 Å². The van der Waals surface area contributed by atoms with Gasteiger partial charge in [0.2, 0.25) is 0 Å². The summed E-state index contributed by atoms with van der Waals surface area (Å²) in [7, 11) is -2.57. The van der Waals surface area contributed by atoms with E-state index in [2.05, 4.69) is 29.2 Å². The minimum absolute atomic E-state index is 0.00908. The molecule has 6 rings (SSSR count). The number of fused-ring (bicyclic) bond motifs is 3. The van der Waals surface area contributed by atoms with E-state index in [1.54, 1.807) is 29.4 Å². The third-order valence-electron chi connectivity index (χ3n) is 7.86. The summed E-state index contributed by atoms with van der Waals surface area (Å²) in [6, 6.07) is 25.5. The second kappa shape index (κ2) is 9.74. The first-order valence-corrected chi connectivity index (χ1v) is 12.6. The van der Waals surface area contributed by atoms with Crippen molar-refractivity contribution in [3.05, 3.63) is 119 Å². The highest BCUT2D eigenvalue weighted by molar-refractivity contribution is 5.79. The monoisotopic (exact) mass is 493 g/mol. The lowest BCUT2D eigenvalue weighted by Gasteiger charge is -2.30. The quantitative estimate of drug-likeness (QED) is 0.304. The number of benzene rings is 3. The van der Waals surface area contributed by atoms with E-state index in [0.717, 1.165) is 28.7 Å². The zero-order valence-corrected chi connectivity index (χ0v) is 20.6. The first-order valence-electron chi connectivity index (χ1n) is 14.1. The highest BCUT2D eigenvalue weighted by atomic mass is 16.6. The number of nitrogens with zero attached hydrogens (tertiary/aromatic N) is 2. The molecule has 1 unspecified atom stereocenters. The van der Waals surface area contributed by atoms with Crippen molar-refractivity contribution in [3.63, 3.8) is 0 Å². The molecule has 0 bridgehead atoms. The van der Waals surface area contributed by atoms with Crippen LogP contribution in [0.5, 0.6) is 5.75 Å². The van der Waals surface area contributed by atoms with Gasteiger partial charge in [0.05, 0.1) is 17.2 Å². The van der Waals surface area contributed by atoms with Crippen LogP contribution < -0.4 is 4.74 Å². The summed E-state index contributed by atoms with van der Waals surface area (Å²) in [6.45, 7) is 2.59. The second-order valence-electron chi connectivity index (χ2n) is 9.69. The number of likely N-dealkylation sites (tertiary alicyclic amines) is 1. The van der Waals surface area contributed by atoms with Crippen LogP contribution >= 0.6 is 0 Å². The van der Waals surface area contributed by atoms with Crippen molar-refractivity contribution in [2.45, 2.75) is 31.2 Å². The number of methoxy groups -OCH3 is 1. The molecule has 4 aromatic rings.